The number of rotatable bonds is 8. The molecule has 2 aromatic carbocycles. The van der Waals surface area contributed by atoms with Gasteiger partial charge in [0.25, 0.3) is 11.8 Å². The van der Waals surface area contributed by atoms with Crippen LogP contribution in [0.4, 0.5) is 5.69 Å². The maximum atomic E-state index is 12.3. The Morgan fingerprint density at radius 2 is 1.65 bits per heavy atom. The minimum Gasteiger partial charge on any atom is -0.493 e. The fourth-order valence-electron chi connectivity index (χ4n) is 2.25. The Labute approximate surface area is 153 Å². The molecule has 0 aliphatic rings. The zero-order valence-electron chi connectivity index (χ0n) is 15.2. The van der Waals surface area contributed by atoms with Crippen LogP contribution in [0, 0.1) is 5.92 Å². The monoisotopic (exact) mass is 356 g/mol. The molecule has 0 heterocycles. The number of amides is 2. The average Bonchev–Trinajstić information content (AvgIpc) is 2.65. The van der Waals surface area contributed by atoms with E-state index < -0.39 is 0 Å². The Balaban J connectivity index is 1.99. The summed E-state index contributed by atoms with van der Waals surface area (Å²) in [5.41, 5.74) is 0.862. The predicted octanol–water partition coefficient (Wildman–Crippen LogP) is 3.10. The van der Waals surface area contributed by atoms with E-state index in [0.29, 0.717) is 35.2 Å². The lowest BCUT2D eigenvalue weighted by atomic mass is 10.1. The van der Waals surface area contributed by atoms with Crippen molar-refractivity contribution >= 4 is 17.5 Å². The lowest BCUT2D eigenvalue weighted by Gasteiger charge is -2.13. The van der Waals surface area contributed by atoms with Crippen molar-refractivity contribution in [3.63, 3.8) is 0 Å². The van der Waals surface area contributed by atoms with Crippen LogP contribution in [-0.4, -0.2) is 32.1 Å². The Bertz CT molecular complexity index is 759. The van der Waals surface area contributed by atoms with Gasteiger partial charge in [0.15, 0.2) is 18.1 Å². The van der Waals surface area contributed by atoms with Crippen molar-refractivity contribution in [2.45, 2.75) is 13.8 Å². The molecule has 6 heteroatoms. The largest absolute Gasteiger partial charge is 0.493 e. The van der Waals surface area contributed by atoms with Crippen LogP contribution >= 0.6 is 0 Å². The number of hydrogen-bond donors (Lipinski definition) is 2. The summed E-state index contributed by atoms with van der Waals surface area (Å²) in [7, 11) is 1.54. The van der Waals surface area contributed by atoms with E-state index in [0.717, 1.165) is 0 Å². The van der Waals surface area contributed by atoms with Gasteiger partial charge in [-0.1, -0.05) is 38.1 Å². The highest BCUT2D eigenvalue weighted by Crippen LogP contribution is 2.25. The van der Waals surface area contributed by atoms with Gasteiger partial charge in [0.2, 0.25) is 0 Å². The van der Waals surface area contributed by atoms with Crippen LogP contribution in [0.2, 0.25) is 0 Å². The number of carbonyl (C=O) groups is 2. The van der Waals surface area contributed by atoms with Gasteiger partial charge < -0.3 is 20.1 Å². The predicted molar refractivity (Wildman–Crippen MR) is 101 cm³/mol. The molecule has 0 aromatic heterocycles. The molecule has 2 N–H and O–H groups in total. The van der Waals surface area contributed by atoms with Crippen LogP contribution in [0.3, 0.4) is 0 Å². The molecule has 0 aliphatic carbocycles. The summed E-state index contributed by atoms with van der Waals surface area (Å²) < 4.78 is 10.7. The van der Waals surface area contributed by atoms with E-state index in [1.807, 2.05) is 19.9 Å². The van der Waals surface area contributed by atoms with Gasteiger partial charge in [-0.2, -0.15) is 0 Å². The van der Waals surface area contributed by atoms with Crippen LogP contribution < -0.4 is 20.1 Å². The van der Waals surface area contributed by atoms with Crippen LogP contribution in [-0.2, 0) is 4.79 Å². The minimum absolute atomic E-state index is 0.192. The van der Waals surface area contributed by atoms with Gasteiger partial charge in [-0.3, -0.25) is 9.59 Å². The first kappa shape index (κ1) is 19.3. The standard InChI is InChI=1S/C20H24N2O4/c1-14(2)12-21-20(24)15-8-4-5-9-16(15)22-19(23)13-26-18-11-7-6-10-17(18)25-3/h4-11,14H,12-13H2,1-3H3,(H,21,24)(H,22,23). The zero-order chi connectivity index (χ0) is 18.9. The number of para-hydroxylation sites is 3. The van der Waals surface area contributed by atoms with Crippen molar-refractivity contribution in [3.05, 3.63) is 54.1 Å². The van der Waals surface area contributed by atoms with E-state index >= 15 is 0 Å². The lowest BCUT2D eigenvalue weighted by Crippen LogP contribution is -2.29. The van der Waals surface area contributed by atoms with Gasteiger partial charge in [-0.25, -0.2) is 0 Å². The fraction of sp³-hybridized carbons (Fsp3) is 0.300. The molecule has 26 heavy (non-hydrogen) atoms. The van der Waals surface area contributed by atoms with E-state index in [4.69, 9.17) is 9.47 Å². The molecule has 0 fully saturated rings. The Kier molecular flexibility index (Phi) is 7.02. The Morgan fingerprint density at radius 3 is 2.35 bits per heavy atom. The van der Waals surface area contributed by atoms with E-state index in [1.165, 1.54) is 7.11 Å². The summed E-state index contributed by atoms with van der Waals surface area (Å²) in [5, 5.41) is 5.57. The van der Waals surface area contributed by atoms with Crippen molar-refractivity contribution in [2.24, 2.45) is 5.92 Å². The quantitative estimate of drug-likeness (QED) is 0.762. The molecule has 0 spiro atoms. The highest BCUT2D eigenvalue weighted by molar-refractivity contribution is 6.04. The third-order valence-corrected chi connectivity index (χ3v) is 3.54. The molecule has 0 saturated heterocycles. The van der Waals surface area contributed by atoms with Gasteiger partial charge in [0.1, 0.15) is 0 Å². The van der Waals surface area contributed by atoms with Crippen LogP contribution in [0.25, 0.3) is 0 Å². The van der Waals surface area contributed by atoms with Crippen LogP contribution in [0.5, 0.6) is 11.5 Å². The molecule has 2 amide bonds. The summed E-state index contributed by atoms with van der Waals surface area (Å²) in [5.74, 6) is 0.789. The normalized spacial score (nSPS) is 10.3. The molecule has 0 aliphatic heterocycles. The van der Waals surface area contributed by atoms with E-state index in [1.54, 1.807) is 42.5 Å². The minimum atomic E-state index is -0.361. The van der Waals surface area contributed by atoms with Crippen molar-refractivity contribution in [1.82, 2.24) is 5.32 Å². The SMILES string of the molecule is COc1ccccc1OCC(=O)Nc1ccccc1C(=O)NCC(C)C. The second-order valence-electron chi connectivity index (χ2n) is 6.14. The number of methoxy groups -OCH3 is 1. The Hall–Kier alpha value is -3.02. The molecule has 6 nitrogen and oxygen atoms in total. The van der Waals surface area contributed by atoms with Crippen molar-refractivity contribution in [1.29, 1.82) is 0 Å². The third-order valence-electron chi connectivity index (χ3n) is 3.54. The molecule has 2 aromatic rings. The molecule has 138 valence electrons. The first-order valence-electron chi connectivity index (χ1n) is 8.44. The molecular weight excluding hydrogens is 332 g/mol. The van der Waals surface area contributed by atoms with Gasteiger partial charge in [0, 0.05) is 6.54 Å². The maximum Gasteiger partial charge on any atom is 0.262 e. The smallest absolute Gasteiger partial charge is 0.262 e. The third kappa shape index (κ3) is 5.51. The van der Waals surface area contributed by atoms with Gasteiger partial charge >= 0.3 is 0 Å². The van der Waals surface area contributed by atoms with E-state index in [-0.39, 0.29) is 18.4 Å². The summed E-state index contributed by atoms with van der Waals surface area (Å²) in [6.07, 6.45) is 0. The number of hydrogen-bond acceptors (Lipinski definition) is 4. The molecule has 2 rings (SSSR count). The summed E-state index contributed by atoms with van der Waals surface area (Å²) >= 11 is 0. The average molecular weight is 356 g/mol. The zero-order valence-corrected chi connectivity index (χ0v) is 15.2. The van der Waals surface area contributed by atoms with Crippen molar-refractivity contribution in [2.75, 3.05) is 25.6 Å². The number of nitrogens with one attached hydrogen (secondary N) is 2. The molecule has 0 bridgehead atoms. The highest BCUT2D eigenvalue weighted by atomic mass is 16.5. The molecule has 0 saturated carbocycles. The van der Waals surface area contributed by atoms with Crippen LogP contribution in [0.1, 0.15) is 24.2 Å². The fourth-order valence-corrected chi connectivity index (χ4v) is 2.25. The van der Waals surface area contributed by atoms with Crippen LogP contribution in [0.15, 0.2) is 48.5 Å². The first-order valence-corrected chi connectivity index (χ1v) is 8.44. The molecule has 0 atom stereocenters. The molecule has 0 radical (unpaired) electrons. The molecule has 0 unspecified atom stereocenters. The second kappa shape index (κ2) is 9.46. The van der Waals surface area contributed by atoms with Crippen molar-refractivity contribution in [3.8, 4) is 11.5 Å². The summed E-state index contributed by atoms with van der Waals surface area (Å²) in [4.78, 5) is 24.5. The second-order valence-corrected chi connectivity index (χ2v) is 6.14. The van der Waals surface area contributed by atoms with Crippen molar-refractivity contribution < 1.29 is 19.1 Å². The van der Waals surface area contributed by atoms with E-state index in [9.17, 15) is 9.59 Å². The first-order chi connectivity index (χ1) is 12.5. The summed E-state index contributed by atoms with van der Waals surface area (Å²) in [6, 6.07) is 14.0. The van der Waals surface area contributed by atoms with E-state index in [2.05, 4.69) is 10.6 Å². The number of carbonyl (C=O) groups excluding carboxylic acids is 2. The number of ether oxygens (including phenoxy) is 2. The van der Waals surface area contributed by atoms with Gasteiger partial charge in [-0.05, 0) is 30.2 Å². The topological polar surface area (TPSA) is 76.7 Å². The highest BCUT2D eigenvalue weighted by Gasteiger charge is 2.14. The van der Waals surface area contributed by atoms with Gasteiger partial charge in [0.05, 0.1) is 18.4 Å². The Morgan fingerprint density at radius 1 is 1.00 bits per heavy atom. The number of benzene rings is 2. The van der Waals surface area contributed by atoms with Gasteiger partial charge in [-0.15, -0.1) is 0 Å². The maximum absolute atomic E-state index is 12.3. The molecular formula is C20H24N2O4. The lowest BCUT2D eigenvalue weighted by molar-refractivity contribution is -0.118. The summed E-state index contributed by atoms with van der Waals surface area (Å²) in [6.45, 7) is 4.41. The number of anilines is 1.